The van der Waals surface area contributed by atoms with Gasteiger partial charge >= 0.3 is 5.97 Å². The van der Waals surface area contributed by atoms with Crippen molar-refractivity contribution in [2.45, 2.75) is 192 Å². The number of allylic oxidation sites excluding steroid dienone is 18. The number of carbonyl (C=O) groups excluding carboxylic acids is 2. The van der Waals surface area contributed by atoms with Crippen molar-refractivity contribution in [1.82, 2.24) is 0 Å². The molecule has 3 nitrogen and oxygen atoms in total. The van der Waals surface area contributed by atoms with Crippen LogP contribution in [0.4, 0.5) is 0 Å². The number of hydrogen-bond acceptors (Lipinski definition) is 3. The summed E-state index contributed by atoms with van der Waals surface area (Å²) in [5.41, 5.74) is 13.1. The highest BCUT2D eigenvalue weighted by Crippen LogP contribution is 2.18. The highest BCUT2D eigenvalue weighted by molar-refractivity contribution is 5.97. The van der Waals surface area contributed by atoms with E-state index >= 15 is 0 Å². The minimum Gasteiger partial charge on any atom is -0.465 e. The van der Waals surface area contributed by atoms with Gasteiger partial charge in [0.05, 0.1) is 6.61 Å². The van der Waals surface area contributed by atoms with E-state index in [0.29, 0.717) is 13.0 Å². The van der Waals surface area contributed by atoms with Gasteiger partial charge in [-0.25, -0.2) is 0 Å². The smallest absolute Gasteiger partial charge is 0.316 e. The van der Waals surface area contributed by atoms with Crippen molar-refractivity contribution in [3.8, 4) is 0 Å². The van der Waals surface area contributed by atoms with Gasteiger partial charge in [0.1, 0.15) is 11.7 Å². The maximum atomic E-state index is 12.0. The minimum atomic E-state index is -0.686. The molecule has 0 aliphatic carbocycles. The van der Waals surface area contributed by atoms with Gasteiger partial charge in [0, 0.05) is 0 Å². The molecule has 0 radical (unpaired) electrons. The molecule has 0 aliphatic rings. The summed E-state index contributed by atoms with van der Waals surface area (Å²) in [6.07, 6.45) is 39.6. The summed E-state index contributed by atoms with van der Waals surface area (Å²) in [7, 11) is 0. The second-order valence-corrected chi connectivity index (χ2v) is 16.1. The zero-order valence-electron chi connectivity index (χ0n) is 37.2. The summed E-state index contributed by atoms with van der Waals surface area (Å²) in [6, 6.07) is 0. The Labute approximate surface area is 334 Å². The van der Waals surface area contributed by atoms with Gasteiger partial charge in [0.25, 0.3) is 0 Å². The molecule has 0 aromatic heterocycles. The van der Waals surface area contributed by atoms with Crippen molar-refractivity contribution in [3.05, 3.63) is 105 Å². The lowest BCUT2D eigenvalue weighted by Crippen LogP contribution is -2.23. The summed E-state index contributed by atoms with van der Waals surface area (Å²) < 4.78 is 5.05. The van der Waals surface area contributed by atoms with Gasteiger partial charge in [-0.3, -0.25) is 9.59 Å². The number of Topliss-reactive ketones (excluding diaryl/α,β-unsaturated/α-hetero) is 1. The van der Waals surface area contributed by atoms with Crippen molar-refractivity contribution in [1.29, 1.82) is 0 Å². The molecule has 1 unspecified atom stereocenters. The van der Waals surface area contributed by atoms with Crippen molar-refractivity contribution >= 4 is 11.8 Å². The van der Waals surface area contributed by atoms with Crippen LogP contribution in [0.25, 0.3) is 0 Å². The number of esters is 1. The van der Waals surface area contributed by atoms with Crippen LogP contribution in [0.1, 0.15) is 192 Å². The van der Waals surface area contributed by atoms with Crippen LogP contribution in [0.15, 0.2) is 105 Å². The topological polar surface area (TPSA) is 43.4 Å². The molecular weight excluding hydrogens is 661 g/mol. The van der Waals surface area contributed by atoms with Crippen LogP contribution in [0.2, 0.25) is 0 Å². The second kappa shape index (κ2) is 32.1. The number of rotatable bonds is 29. The normalized spacial score (nSPS) is 14.7. The average Bonchev–Trinajstić information content (AvgIpc) is 3.08. The molecule has 0 aliphatic heterocycles. The van der Waals surface area contributed by atoms with Crippen LogP contribution in [-0.2, 0) is 14.3 Å². The van der Waals surface area contributed by atoms with Gasteiger partial charge in [-0.2, -0.15) is 0 Å². The molecule has 0 saturated carbocycles. The van der Waals surface area contributed by atoms with E-state index in [-0.39, 0.29) is 5.78 Å². The zero-order valence-corrected chi connectivity index (χ0v) is 37.2. The second-order valence-electron chi connectivity index (χ2n) is 16.1. The molecule has 0 amide bonds. The molecule has 3 heteroatoms. The van der Waals surface area contributed by atoms with E-state index in [2.05, 4.69) is 118 Å². The third-order valence-electron chi connectivity index (χ3n) is 10.1. The fourth-order valence-corrected chi connectivity index (χ4v) is 6.22. The molecular formula is C51H82O3. The summed E-state index contributed by atoms with van der Waals surface area (Å²) in [6.45, 7) is 25.8. The number of carbonyl (C=O) groups is 2. The molecule has 0 fully saturated rings. The van der Waals surface area contributed by atoms with Crippen LogP contribution in [0.5, 0.6) is 0 Å². The quantitative estimate of drug-likeness (QED) is 0.0435. The largest absolute Gasteiger partial charge is 0.465 e. The fourth-order valence-electron chi connectivity index (χ4n) is 6.22. The molecule has 0 rings (SSSR count). The van der Waals surface area contributed by atoms with Gasteiger partial charge in [0.15, 0.2) is 0 Å². The Balaban J connectivity index is 4.34. The monoisotopic (exact) mass is 743 g/mol. The Morgan fingerprint density at radius 1 is 0.389 bits per heavy atom. The Morgan fingerprint density at radius 3 is 0.852 bits per heavy atom. The first kappa shape index (κ1) is 50.8. The van der Waals surface area contributed by atoms with E-state index in [9.17, 15) is 9.59 Å². The Morgan fingerprint density at radius 2 is 0.630 bits per heavy atom. The lowest BCUT2D eigenvalue weighted by atomic mass is 9.98. The highest BCUT2D eigenvalue weighted by Gasteiger charge is 2.23. The predicted molar refractivity (Wildman–Crippen MR) is 239 cm³/mol. The van der Waals surface area contributed by atoms with E-state index in [1.807, 2.05) is 6.08 Å². The number of hydrogen-bond donors (Lipinski definition) is 0. The van der Waals surface area contributed by atoms with Crippen LogP contribution in [0.3, 0.4) is 0 Å². The van der Waals surface area contributed by atoms with Crippen molar-refractivity contribution in [2.24, 2.45) is 5.92 Å². The van der Waals surface area contributed by atoms with E-state index in [1.54, 1.807) is 6.92 Å². The van der Waals surface area contributed by atoms with Crippen LogP contribution in [0, 0.1) is 5.92 Å². The minimum absolute atomic E-state index is 0.133. The number of ether oxygens (including phenoxy) is 1. The fraction of sp³-hybridized carbons (Fsp3) is 0.608. The molecule has 0 spiro atoms. The van der Waals surface area contributed by atoms with Gasteiger partial charge in [-0.1, -0.05) is 105 Å². The molecule has 0 heterocycles. The molecule has 54 heavy (non-hydrogen) atoms. The molecule has 1 atom stereocenters. The predicted octanol–water partition coefficient (Wildman–Crippen LogP) is 15.9. The molecule has 0 bridgehead atoms. The first-order chi connectivity index (χ1) is 25.6. The Kier molecular flexibility index (Phi) is 30.2. The zero-order chi connectivity index (χ0) is 40.7. The summed E-state index contributed by atoms with van der Waals surface area (Å²) in [5.74, 6) is -1.23. The van der Waals surface area contributed by atoms with Crippen molar-refractivity contribution in [3.63, 3.8) is 0 Å². The first-order valence-corrected chi connectivity index (χ1v) is 21.2. The average molecular weight is 743 g/mol. The Hall–Kier alpha value is -3.20. The lowest BCUT2D eigenvalue weighted by Gasteiger charge is -2.10. The van der Waals surface area contributed by atoms with Crippen LogP contribution < -0.4 is 0 Å². The van der Waals surface area contributed by atoms with Gasteiger partial charge in [-0.15, -0.1) is 0 Å². The molecule has 0 aromatic carbocycles. The third-order valence-corrected chi connectivity index (χ3v) is 10.1. The molecule has 0 N–H and O–H groups in total. The summed E-state index contributed by atoms with van der Waals surface area (Å²) in [5, 5.41) is 0. The molecule has 0 saturated heterocycles. The summed E-state index contributed by atoms with van der Waals surface area (Å²) >= 11 is 0. The Bertz CT molecular complexity index is 1380. The van der Waals surface area contributed by atoms with Crippen LogP contribution >= 0.6 is 0 Å². The van der Waals surface area contributed by atoms with Crippen LogP contribution in [-0.4, -0.2) is 18.4 Å². The number of ketones is 1. The van der Waals surface area contributed by atoms with E-state index in [1.165, 1.54) is 76.3 Å². The highest BCUT2D eigenvalue weighted by atomic mass is 16.5. The SMILES string of the molecule is CCOC(=O)C(C/C=C(\C)CC/C=C(\C)CC/C=C(\C)CC/C=C(\C)CC/C=C(\C)CC/C=C(\C)CC/C=C(\C)CC/C=C(\C)CCC=C(C)C)C(C)=O. The maximum absolute atomic E-state index is 12.0. The van der Waals surface area contributed by atoms with Crippen molar-refractivity contribution < 1.29 is 14.3 Å². The van der Waals surface area contributed by atoms with E-state index in [4.69, 9.17) is 4.74 Å². The summed E-state index contributed by atoms with van der Waals surface area (Å²) in [4.78, 5) is 23.8. The van der Waals surface area contributed by atoms with E-state index < -0.39 is 11.9 Å². The van der Waals surface area contributed by atoms with Gasteiger partial charge in [0.2, 0.25) is 0 Å². The van der Waals surface area contributed by atoms with E-state index in [0.717, 1.165) is 83.5 Å². The lowest BCUT2D eigenvalue weighted by molar-refractivity contribution is -0.150. The maximum Gasteiger partial charge on any atom is 0.316 e. The standard InChI is InChI=1S/C51H82O3/c1-13-54-51(53)50(49(12)52)39-38-48(11)37-21-36-47(10)35-20-34-46(9)33-19-32-45(8)31-18-30-44(7)29-17-28-43(6)27-16-26-42(5)25-15-24-41(4)23-14-22-40(2)3/h22,24,26,28,30,32,34,36,38,50H,13-21,23,25,27,29,31,33,35,37,39H2,1-12H3/b41-24+,42-26+,43-28+,44-30+,45-32+,46-34+,47-36+,48-38+. The first-order valence-electron chi connectivity index (χ1n) is 21.2. The third kappa shape index (κ3) is 30.2. The van der Waals surface area contributed by atoms with Gasteiger partial charge < -0.3 is 4.74 Å². The molecule has 304 valence electrons. The van der Waals surface area contributed by atoms with Gasteiger partial charge in [-0.05, 0) is 192 Å². The van der Waals surface area contributed by atoms with Crippen molar-refractivity contribution in [2.75, 3.05) is 6.61 Å². The molecule has 0 aromatic rings.